The van der Waals surface area contributed by atoms with Crippen LogP contribution in [0.5, 0.6) is 11.5 Å². The zero-order valence-electron chi connectivity index (χ0n) is 13.2. The second kappa shape index (κ2) is 7.24. The van der Waals surface area contributed by atoms with Crippen molar-refractivity contribution in [2.75, 3.05) is 14.2 Å². The van der Waals surface area contributed by atoms with Crippen molar-refractivity contribution in [3.05, 3.63) is 63.2 Å². The van der Waals surface area contributed by atoms with Crippen molar-refractivity contribution < 1.29 is 9.47 Å². The van der Waals surface area contributed by atoms with Gasteiger partial charge in [-0.05, 0) is 42.0 Å². The number of rotatable bonds is 4. The zero-order chi connectivity index (χ0) is 17.1. The summed E-state index contributed by atoms with van der Waals surface area (Å²) in [6.45, 7) is 0. The van der Waals surface area contributed by atoms with Crippen LogP contribution in [0.1, 0.15) is 11.3 Å². The standard InChI is InChI=1S/C19H15BrClNO2/c1-23-18-9-13(16(20)11-19(18)24-2)5-8-15-7-4-12-3-6-14(21)10-17(12)22-15/h3-11H,1-2H3/b8-5+. The van der Waals surface area contributed by atoms with Gasteiger partial charge >= 0.3 is 0 Å². The highest BCUT2D eigenvalue weighted by Gasteiger charge is 2.07. The number of nitrogens with zero attached hydrogens (tertiary/aromatic N) is 1. The van der Waals surface area contributed by atoms with E-state index in [1.54, 1.807) is 14.2 Å². The molecule has 24 heavy (non-hydrogen) atoms. The first-order valence-electron chi connectivity index (χ1n) is 7.26. The van der Waals surface area contributed by atoms with E-state index in [4.69, 9.17) is 21.1 Å². The molecule has 1 heterocycles. The van der Waals surface area contributed by atoms with Crippen LogP contribution in [-0.4, -0.2) is 19.2 Å². The Labute approximate surface area is 154 Å². The lowest BCUT2D eigenvalue weighted by Crippen LogP contribution is -1.91. The van der Waals surface area contributed by atoms with E-state index in [-0.39, 0.29) is 0 Å². The van der Waals surface area contributed by atoms with Crippen molar-refractivity contribution in [1.29, 1.82) is 0 Å². The van der Waals surface area contributed by atoms with Crippen LogP contribution in [-0.2, 0) is 0 Å². The van der Waals surface area contributed by atoms with Crippen LogP contribution in [0.2, 0.25) is 5.02 Å². The maximum absolute atomic E-state index is 6.04. The SMILES string of the molecule is COc1cc(Br)c(/C=C/c2ccc3ccc(Cl)cc3n2)cc1OC. The van der Waals surface area contributed by atoms with Crippen LogP contribution >= 0.6 is 27.5 Å². The minimum absolute atomic E-state index is 0.679. The second-order valence-corrected chi connectivity index (χ2v) is 6.43. The average Bonchev–Trinajstić information content (AvgIpc) is 2.59. The van der Waals surface area contributed by atoms with Gasteiger partial charge in [0.25, 0.3) is 0 Å². The molecule has 0 bridgehead atoms. The fourth-order valence-electron chi connectivity index (χ4n) is 2.37. The predicted octanol–water partition coefficient (Wildman–Crippen LogP) is 5.84. The number of fused-ring (bicyclic) bond motifs is 1. The summed E-state index contributed by atoms with van der Waals surface area (Å²) in [4.78, 5) is 4.61. The van der Waals surface area contributed by atoms with Gasteiger partial charge in [0.2, 0.25) is 0 Å². The highest BCUT2D eigenvalue weighted by Crippen LogP contribution is 2.34. The van der Waals surface area contributed by atoms with E-state index < -0.39 is 0 Å². The molecule has 0 aliphatic carbocycles. The first kappa shape index (κ1) is 16.8. The van der Waals surface area contributed by atoms with E-state index in [0.717, 1.165) is 26.6 Å². The van der Waals surface area contributed by atoms with Gasteiger partial charge in [-0.2, -0.15) is 0 Å². The largest absolute Gasteiger partial charge is 0.493 e. The molecule has 0 saturated heterocycles. The third-order valence-electron chi connectivity index (χ3n) is 3.61. The molecular weight excluding hydrogens is 390 g/mol. The molecule has 122 valence electrons. The summed E-state index contributed by atoms with van der Waals surface area (Å²) in [5.41, 5.74) is 2.70. The molecule has 3 rings (SSSR count). The summed E-state index contributed by atoms with van der Waals surface area (Å²) in [5.74, 6) is 1.36. The third kappa shape index (κ3) is 3.55. The summed E-state index contributed by atoms with van der Waals surface area (Å²) in [6.07, 6.45) is 3.93. The molecule has 3 nitrogen and oxygen atoms in total. The minimum atomic E-state index is 0.679. The van der Waals surface area contributed by atoms with E-state index in [1.165, 1.54) is 0 Å². The number of halogens is 2. The van der Waals surface area contributed by atoms with Crippen LogP contribution in [0.4, 0.5) is 0 Å². The van der Waals surface area contributed by atoms with Gasteiger partial charge in [0.1, 0.15) is 0 Å². The van der Waals surface area contributed by atoms with E-state index in [2.05, 4.69) is 20.9 Å². The van der Waals surface area contributed by atoms with Crippen molar-refractivity contribution in [3.8, 4) is 11.5 Å². The smallest absolute Gasteiger partial charge is 0.161 e. The normalized spacial score (nSPS) is 11.2. The molecule has 0 fully saturated rings. The van der Waals surface area contributed by atoms with Gasteiger partial charge in [-0.3, -0.25) is 0 Å². The predicted molar refractivity (Wildman–Crippen MR) is 103 cm³/mol. The Morgan fingerprint density at radius 1 is 0.958 bits per heavy atom. The van der Waals surface area contributed by atoms with Crippen LogP contribution in [0.3, 0.4) is 0 Å². The van der Waals surface area contributed by atoms with Gasteiger partial charge in [-0.15, -0.1) is 0 Å². The lowest BCUT2D eigenvalue weighted by Gasteiger charge is -2.09. The van der Waals surface area contributed by atoms with Crippen molar-refractivity contribution in [2.45, 2.75) is 0 Å². The van der Waals surface area contributed by atoms with Gasteiger partial charge in [-0.25, -0.2) is 4.98 Å². The van der Waals surface area contributed by atoms with Gasteiger partial charge in [0.15, 0.2) is 11.5 Å². The topological polar surface area (TPSA) is 31.4 Å². The highest BCUT2D eigenvalue weighted by atomic mass is 79.9. The molecule has 0 aliphatic rings. The highest BCUT2D eigenvalue weighted by molar-refractivity contribution is 9.10. The monoisotopic (exact) mass is 403 g/mol. The molecule has 0 aliphatic heterocycles. The fourth-order valence-corrected chi connectivity index (χ4v) is 2.99. The van der Waals surface area contributed by atoms with E-state index in [1.807, 2.05) is 54.6 Å². The lowest BCUT2D eigenvalue weighted by atomic mass is 10.1. The minimum Gasteiger partial charge on any atom is -0.493 e. The molecule has 0 spiro atoms. The van der Waals surface area contributed by atoms with Crippen LogP contribution < -0.4 is 9.47 Å². The Balaban J connectivity index is 1.96. The number of benzene rings is 2. The number of aromatic nitrogens is 1. The molecule has 0 amide bonds. The summed E-state index contributed by atoms with van der Waals surface area (Å²) in [5, 5.41) is 1.74. The Hall–Kier alpha value is -2.04. The van der Waals surface area contributed by atoms with Crippen molar-refractivity contribution in [1.82, 2.24) is 4.98 Å². The molecule has 1 aromatic heterocycles. The van der Waals surface area contributed by atoms with E-state index >= 15 is 0 Å². The van der Waals surface area contributed by atoms with Crippen molar-refractivity contribution in [3.63, 3.8) is 0 Å². The van der Waals surface area contributed by atoms with E-state index in [0.29, 0.717) is 16.5 Å². The number of methoxy groups -OCH3 is 2. The number of hydrogen-bond acceptors (Lipinski definition) is 3. The summed E-state index contributed by atoms with van der Waals surface area (Å²) >= 11 is 9.59. The van der Waals surface area contributed by atoms with Gasteiger partial charge in [0.05, 0.1) is 25.4 Å². The zero-order valence-corrected chi connectivity index (χ0v) is 15.6. The Bertz CT molecular complexity index is 925. The Morgan fingerprint density at radius 2 is 1.67 bits per heavy atom. The molecule has 0 N–H and O–H groups in total. The van der Waals surface area contributed by atoms with E-state index in [9.17, 15) is 0 Å². The third-order valence-corrected chi connectivity index (χ3v) is 4.53. The number of ether oxygens (including phenoxy) is 2. The fraction of sp³-hybridized carbons (Fsp3) is 0.105. The Kier molecular flexibility index (Phi) is 5.07. The lowest BCUT2D eigenvalue weighted by molar-refractivity contribution is 0.354. The quantitative estimate of drug-likeness (QED) is 0.547. The van der Waals surface area contributed by atoms with Crippen molar-refractivity contribution >= 4 is 50.6 Å². The summed E-state index contributed by atoms with van der Waals surface area (Å²) < 4.78 is 11.6. The van der Waals surface area contributed by atoms with Gasteiger partial charge < -0.3 is 9.47 Å². The summed E-state index contributed by atoms with van der Waals surface area (Å²) in [7, 11) is 3.23. The van der Waals surface area contributed by atoms with Crippen molar-refractivity contribution in [2.24, 2.45) is 0 Å². The molecule has 3 aromatic rings. The van der Waals surface area contributed by atoms with Crippen LogP contribution in [0, 0.1) is 0 Å². The molecule has 0 saturated carbocycles. The number of hydrogen-bond donors (Lipinski definition) is 0. The maximum atomic E-state index is 6.04. The van der Waals surface area contributed by atoms with Crippen LogP contribution in [0.25, 0.3) is 23.1 Å². The second-order valence-electron chi connectivity index (χ2n) is 5.14. The molecule has 2 aromatic carbocycles. The maximum Gasteiger partial charge on any atom is 0.161 e. The summed E-state index contributed by atoms with van der Waals surface area (Å²) in [6, 6.07) is 13.5. The number of pyridine rings is 1. The molecule has 5 heteroatoms. The van der Waals surface area contributed by atoms with Gasteiger partial charge in [-0.1, -0.05) is 45.7 Å². The first-order chi connectivity index (χ1) is 11.6. The molecule has 0 radical (unpaired) electrons. The average molecular weight is 405 g/mol. The van der Waals surface area contributed by atoms with Crippen LogP contribution in [0.15, 0.2) is 46.9 Å². The molecular formula is C19H15BrClNO2. The molecule has 0 atom stereocenters. The molecule has 0 unspecified atom stereocenters. The first-order valence-corrected chi connectivity index (χ1v) is 8.43. The Morgan fingerprint density at radius 3 is 2.42 bits per heavy atom. The van der Waals surface area contributed by atoms with Gasteiger partial charge in [0, 0.05) is 14.9 Å².